The van der Waals surface area contributed by atoms with E-state index in [0.717, 1.165) is 19.3 Å². The molecule has 0 aliphatic carbocycles. The van der Waals surface area contributed by atoms with E-state index in [0.29, 0.717) is 17.9 Å². The highest BCUT2D eigenvalue weighted by Crippen LogP contribution is 2.22. The van der Waals surface area contributed by atoms with Crippen molar-refractivity contribution >= 4 is 29.5 Å². The third-order valence-electron chi connectivity index (χ3n) is 8.35. The number of aliphatic hydroxyl groups is 2. The van der Waals surface area contributed by atoms with Gasteiger partial charge in [0.2, 0.25) is 11.8 Å². The summed E-state index contributed by atoms with van der Waals surface area (Å²) in [5.74, 6) is -7.78. The predicted octanol–water partition coefficient (Wildman–Crippen LogP) is 1.80. The lowest BCUT2D eigenvalue weighted by Gasteiger charge is -2.35. The van der Waals surface area contributed by atoms with Crippen molar-refractivity contribution in [3.05, 3.63) is 0 Å². The Balaban J connectivity index is 6.68. The number of unbranched alkanes of at least 4 members (excludes halogenated alkanes) is 2. The number of hydrogen-bond acceptors (Lipinski definition) is 10. The van der Waals surface area contributed by atoms with Crippen molar-refractivity contribution in [2.45, 2.75) is 150 Å². The number of nitrogens with two attached hydrogens (primary N) is 2. The summed E-state index contributed by atoms with van der Waals surface area (Å²) < 4.78 is 0. The number of amides is 3. The number of rotatable bonds is 23. The van der Waals surface area contributed by atoms with Crippen LogP contribution in [0.1, 0.15) is 108 Å². The molecule has 0 bridgehead atoms. The summed E-state index contributed by atoms with van der Waals surface area (Å²) in [6.45, 7) is 18.4. The summed E-state index contributed by atoms with van der Waals surface area (Å²) in [5, 5.41) is 37.6. The van der Waals surface area contributed by atoms with Gasteiger partial charge < -0.3 is 37.4 Å². The van der Waals surface area contributed by atoms with Crippen LogP contribution < -0.4 is 22.1 Å². The van der Waals surface area contributed by atoms with Gasteiger partial charge in [0, 0.05) is 12.1 Å². The maximum atomic E-state index is 14.2. The second-order valence-electron chi connectivity index (χ2n) is 14.5. The predicted molar refractivity (Wildman–Crippen MR) is 182 cm³/mol. The zero-order chi connectivity index (χ0) is 36.8. The molecule has 8 atom stereocenters. The molecule has 0 aromatic rings. The smallest absolute Gasteiger partial charge is 0.316 e. The number of imide groups is 1. The molecular weight excluding hydrogens is 606 g/mol. The summed E-state index contributed by atoms with van der Waals surface area (Å²) in [6.07, 6.45) is -0.344. The van der Waals surface area contributed by atoms with E-state index in [4.69, 9.17) is 11.5 Å². The number of nitrogens with zero attached hydrogens (tertiary/aromatic N) is 1. The van der Waals surface area contributed by atoms with Crippen LogP contribution in [0.2, 0.25) is 0 Å². The summed E-state index contributed by atoms with van der Waals surface area (Å²) in [5.41, 5.74) is 12.2. The molecule has 0 aliphatic rings. The number of carboxylic acid groups (broad SMARTS) is 1. The van der Waals surface area contributed by atoms with E-state index in [9.17, 15) is 39.3 Å². The lowest BCUT2D eigenvalue weighted by atomic mass is 9.85. The van der Waals surface area contributed by atoms with E-state index in [2.05, 4.69) is 17.6 Å². The van der Waals surface area contributed by atoms with Crippen LogP contribution in [0.25, 0.3) is 0 Å². The molecule has 3 amide bonds. The third-order valence-corrected chi connectivity index (χ3v) is 8.35. The van der Waals surface area contributed by atoms with Crippen LogP contribution >= 0.6 is 0 Å². The maximum Gasteiger partial charge on any atom is 0.316 e. The first-order chi connectivity index (χ1) is 21.7. The van der Waals surface area contributed by atoms with Gasteiger partial charge in [0.25, 0.3) is 5.91 Å². The molecule has 0 aliphatic heterocycles. The van der Waals surface area contributed by atoms with Gasteiger partial charge >= 0.3 is 5.97 Å². The summed E-state index contributed by atoms with van der Waals surface area (Å²) >= 11 is 0. The van der Waals surface area contributed by atoms with Gasteiger partial charge in [0.15, 0.2) is 5.78 Å². The monoisotopic (exact) mass is 671 g/mol. The third kappa shape index (κ3) is 14.7. The number of hydrogen-bond donors (Lipinski definition) is 7. The van der Waals surface area contributed by atoms with Crippen molar-refractivity contribution in [2.75, 3.05) is 6.54 Å². The molecule has 0 rings (SSSR count). The van der Waals surface area contributed by atoms with E-state index in [1.807, 2.05) is 41.5 Å². The van der Waals surface area contributed by atoms with Gasteiger partial charge in [-0.1, -0.05) is 75.2 Å². The van der Waals surface area contributed by atoms with Crippen molar-refractivity contribution in [3.8, 4) is 0 Å². The van der Waals surface area contributed by atoms with E-state index < -0.39 is 90.1 Å². The first-order valence-corrected chi connectivity index (χ1v) is 17.2. The fraction of sp³-hybridized carbons (Fsp3) is 0.853. The number of carbonyl (C=O) groups excluding carboxylic acids is 4. The van der Waals surface area contributed by atoms with Gasteiger partial charge in [0.1, 0.15) is 12.0 Å². The number of Topliss-reactive ketones (excluding diaryl/α,β-unsaturated/α-hetero) is 1. The number of ketones is 1. The number of carboxylic acids is 1. The van der Waals surface area contributed by atoms with E-state index in [1.165, 1.54) is 6.92 Å². The topological polar surface area (TPSA) is 225 Å². The molecule has 0 spiro atoms. The highest BCUT2D eigenvalue weighted by atomic mass is 16.4. The van der Waals surface area contributed by atoms with Crippen molar-refractivity contribution in [1.29, 1.82) is 0 Å². The Hall–Kier alpha value is -2.45. The first kappa shape index (κ1) is 44.5. The lowest BCUT2D eigenvalue weighted by Crippen LogP contribution is -2.61. The van der Waals surface area contributed by atoms with E-state index in [1.54, 1.807) is 13.8 Å². The Kier molecular flexibility index (Phi) is 20.4. The van der Waals surface area contributed by atoms with Gasteiger partial charge in [-0.3, -0.25) is 28.9 Å². The Morgan fingerprint density at radius 1 is 0.766 bits per heavy atom. The average Bonchev–Trinajstić information content (AvgIpc) is 2.94. The summed E-state index contributed by atoms with van der Waals surface area (Å²) in [4.78, 5) is 68.3. The molecule has 0 radical (unpaired) electrons. The zero-order valence-electron chi connectivity index (χ0n) is 30.4. The van der Waals surface area contributed by atoms with Gasteiger partial charge in [0.05, 0.1) is 30.7 Å². The first-order valence-electron chi connectivity index (χ1n) is 17.2. The number of aliphatic carboxylic acids is 1. The van der Waals surface area contributed by atoms with Crippen LogP contribution in [0, 0.1) is 29.6 Å². The summed E-state index contributed by atoms with van der Waals surface area (Å²) in [7, 11) is 0. The zero-order valence-corrected chi connectivity index (χ0v) is 30.4. The molecule has 13 heteroatoms. The van der Waals surface area contributed by atoms with Crippen LogP contribution in [0.15, 0.2) is 0 Å². The van der Waals surface area contributed by atoms with Gasteiger partial charge in [-0.05, 0) is 56.4 Å². The highest BCUT2D eigenvalue weighted by Gasteiger charge is 2.45. The Morgan fingerprint density at radius 2 is 1.28 bits per heavy atom. The Bertz CT molecular complexity index is 1010. The van der Waals surface area contributed by atoms with Crippen LogP contribution in [0.4, 0.5) is 0 Å². The van der Waals surface area contributed by atoms with Gasteiger partial charge in [-0.15, -0.1) is 0 Å². The van der Waals surface area contributed by atoms with Crippen LogP contribution in [0.3, 0.4) is 0 Å². The Labute approximate surface area is 282 Å². The molecule has 274 valence electrons. The molecule has 47 heavy (non-hydrogen) atoms. The van der Waals surface area contributed by atoms with Crippen LogP contribution in [-0.4, -0.2) is 98.7 Å². The van der Waals surface area contributed by atoms with E-state index in [-0.39, 0.29) is 24.2 Å². The van der Waals surface area contributed by atoms with Crippen LogP contribution in [-0.2, 0) is 24.0 Å². The van der Waals surface area contributed by atoms with Crippen molar-refractivity contribution in [3.63, 3.8) is 0 Å². The fourth-order valence-corrected chi connectivity index (χ4v) is 5.58. The van der Waals surface area contributed by atoms with Crippen molar-refractivity contribution in [2.24, 2.45) is 41.1 Å². The molecule has 0 heterocycles. The highest BCUT2D eigenvalue weighted by molar-refractivity contribution is 6.08. The molecule has 0 saturated heterocycles. The Morgan fingerprint density at radius 3 is 1.72 bits per heavy atom. The van der Waals surface area contributed by atoms with Gasteiger partial charge in [-0.2, -0.15) is 0 Å². The molecule has 5 unspecified atom stereocenters. The fourth-order valence-electron chi connectivity index (χ4n) is 5.58. The normalized spacial score (nSPS) is 17.1. The van der Waals surface area contributed by atoms with Crippen molar-refractivity contribution < 1.29 is 39.3 Å². The lowest BCUT2D eigenvalue weighted by molar-refractivity contribution is -0.161. The molecule has 0 fully saturated rings. The number of carbonyl (C=O) groups is 5. The SMILES string of the molecule is CCCCCN[C@H](C(=O)N[C@H](C(=O)N(C(=O)CC(O)C(N)CC(C)C)[C@@H](C)C(=O)C(C(=O)O)C(O)C(N)CC(C)C)C(C)C)C(C)C. The minimum atomic E-state index is -2.04. The molecule has 0 aromatic carbocycles. The second kappa shape index (κ2) is 21.5. The van der Waals surface area contributed by atoms with Crippen LogP contribution in [0.5, 0.6) is 0 Å². The molecule has 0 aromatic heterocycles. The molecule has 0 saturated carbocycles. The van der Waals surface area contributed by atoms with E-state index >= 15 is 0 Å². The summed E-state index contributed by atoms with van der Waals surface area (Å²) in [6, 6.07) is -5.48. The average molecular weight is 672 g/mol. The quantitative estimate of drug-likeness (QED) is 0.0612. The number of nitrogens with one attached hydrogen (secondary N) is 2. The molecule has 13 nitrogen and oxygen atoms in total. The molecule has 9 N–H and O–H groups in total. The minimum absolute atomic E-state index is 0.0102. The van der Waals surface area contributed by atoms with Crippen molar-refractivity contribution in [1.82, 2.24) is 15.5 Å². The maximum absolute atomic E-state index is 14.2. The largest absolute Gasteiger partial charge is 0.481 e. The minimum Gasteiger partial charge on any atom is -0.481 e. The van der Waals surface area contributed by atoms with Gasteiger partial charge in [-0.25, -0.2) is 0 Å². The second-order valence-corrected chi connectivity index (χ2v) is 14.5. The molecular formula is C34H65N5O8. The standard InChI is InChI=1S/C34H65N5O8/c1-11-12-13-14-37-28(20(6)7)32(44)38-29(21(8)9)33(45)39(26(41)17-25(40)23(35)15-18(2)3)22(10)30(42)27(34(46)47)31(43)24(36)16-19(4)5/h18-25,27-29,31,37,40,43H,11-17,35-36H2,1-10H3,(H,38,44)(H,46,47)/t22-,23?,24?,25?,27?,28-,29-,31?/m0/s1. The number of aliphatic hydroxyl groups excluding tert-OH is 2.